The fourth-order valence-corrected chi connectivity index (χ4v) is 3.79. The Kier molecular flexibility index (Phi) is 6.20. The summed E-state index contributed by atoms with van der Waals surface area (Å²) in [7, 11) is 0. The number of hydrogen-bond acceptors (Lipinski definition) is 7. The molecule has 0 N–H and O–H groups in total. The van der Waals surface area contributed by atoms with Crippen LogP contribution in [0.15, 0.2) is 18.2 Å². The molecule has 1 aromatic carbocycles. The van der Waals surface area contributed by atoms with Gasteiger partial charge < -0.3 is 14.4 Å². The molecule has 0 aliphatic carbocycles. The number of rotatable bonds is 5. The van der Waals surface area contributed by atoms with Crippen molar-refractivity contribution in [1.29, 1.82) is 0 Å². The molecule has 152 valence electrons. The number of carbonyl (C=O) groups is 2. The molecule has 3 rings (SSSR count). The molecule has 1 aromatic heterocycles. The van der Waals surface area contributed by atoms with E-state index in [-0.39, 0.29) is 18.5 Å². The van der Waals surface area contributed by atoms with Crippen molar-refractivity contribution < 1.29 is 19.1 Å². The van der Waals surface area contributed by atoms with Crippen LogP contribution < -0.4 is 4.74 Å². The van der Waals surface area contributed by atoms with Crippen molar-refractivity contribution in [3.8, 4) is 5.75 Å². The Balaban J connectivity index is 1.42. The van der Waals surface area contributed by atoms with Gasteiger partial charge in [-0.25, -0.2) is 9.78 Å². The summed E-state index contributed by atoms with van der Waals surface area (Å²) in [5.74, 6) is 0.668. The summed E-state index contributed by atoms with van der Waals surface area (Å²) in [6.45, 7) is 10.3. The summed E-state index contributed by atoms with van der Waals surface area (Å²) in [5.41, 5.74) is 0.396. The van der Waals surface area contributed by atoms with Gasteiger partial charge in [0.2, 0.25) is 0 Å². The van der Waals surface area contributed by atoms with Crippen molar-refractivity contribution in [1.82, 2.24) is 14.8 Å². The van der Waals surface area contributed by atoms with Crippen LogP contribution in [0.1, 0.15) is 25.8 Å². The van der Waals surface area contributed by atoms with Gasteiger partial charge in [-0.2, -0.15) is 0 Å². The molecule has 1 aliphatic heterocycles. The van der Waals surface area contributed by atoms with Crippen molar-refractivity contribution >= 4 is 33.4 Å². The zero-order valence-corrected chi connectivity index (χ0v) is 17.7. The molecule has 8 heteroatoms. The normalized spacial score (nSPS) is 15.6. The highest BCUT2D eigenvalue weighted by molar-refractivity contribution is 7.18. The zero-order chi connectivity index (χ0) is 20.3. The molecule has 2 heterocycles. The number of fused-ring (bicyclic) bond motifs is 1. The molecule has 1 fully saturated rings. The second-order valence-electron chi connectivity index (χ2n) is 7.93. The predicted octanol–water partition coefficient (Wildman–Crippen LogP) is 3.11. The molecule has 0 atom stereocenters. The molecule has 0 saturated carbocycles. The largest absolute Gasteiger partial charge is 0.486 e. The molecule has 1 aliphatic rings. The number of Topliss-reactive ketones (excluding diaryl/α,β-unsaturated/α-hetero) is 1. The van der Waals surface area contributed by atoms with Crippen LogP contribution in [0.4, 0.5) is 4.79 Å². The van der Waals surface area contributed by atoms with Crippen LogP contribution in [-0.4, -0.2) is 71.6 Å². The minimum Gasteiger partial charge on any atom is -0.486 e. The first-order chi connectivity index (χ1) is 13.2. The van der Waals surface area contributed by atoms with Crippen LogP contribution in [0, 0.1) is 6.92 Å². The molecule has 0 bridgehead atoms. The number of ketones is 1. The Morgan fingerprint density at radius 2 is 1.89 bits per heavy atom. The van der Waals surface area contributed by atoms with Crippen LogP contribution in [0.2, 0.25) is 0 Å². The summed E-state index contributed by atoms with van der Waals surface area (Å²) in [4.78, 5) is 32.5. The predicted molar refractivity (Wildman–Crippen MR) is 109 cm³/mol. The molecule has 1 saturated heterocycles. The molecule has 2 aromatic rings. The topological polar surface area (TPSA) is 72.0 Å². The monoisotopic (exact) mass is 405 g/mol. The fraction of sp³-hybridized carbons (Fsp3) is 0.550. The van der Waals surface area contributed by atoms with E-state index in [1.165, 1.54) is 0 Å². The second kappa shape index (κ2) is 8.45. The minimum atomic E-state index is -0.498. The van der Waals surface area contributed by atoms with Gasteiger partial charge in [0, 0.05) is 32.2 Å². The average molecular weight is 406 g/mol. The van der Waals surface area contributed by atoms with Crippen LogP contribution >= 0.6 is 11.3 Å². The van der Waals surface area contributed by atoms with Gasteiger partial charge in [0.25, 0.3) is 0 Å². The molecular weight excluding hydrogens is 378 g/mol. The van der Waals surface area contributed by atoms with Gasteiger partial charge in [0.15, 0.2) is 5.78 Å². The lowest BCUT2D eigenvalue weighted by Crippen LogP contribution is -2.51. The highest BCUT2D eigenvalue weighted by atomic mass is 32.1. The number of benzene rings is 1. The first kappa shape index (κ1) is 20.5. The second-order valence-corrected chi connectivity index (χ2v) is 9.17. The zero-order valence-electron chi connectivity index (χ0n) is 16.9. The number of hydrogen-bond donors (Lipinski definition) is 0. The number of piperazine rings is 1. The third kappa shape index (κ3) is 5.65. The molecule has 1 amide bonds. The summed E-state index contributed by atoms with van der Waals surface area (Å²) in [6.07, 6.45) is -0.297. The van der Waals surface area contributed by atoms with Crippen LogP contribution in [0.3, 0.4) is 0 Å². The lowest BCUT2D eigenvalue weighted by Gasteiger charge is -2.35. The molecule has 0 unspecified atom stereocenters. The molecule has 7 nitrogen and oxygen atoms in total. The van der Waals surface area contributed by atoms with Crippen molar-refractivity contribution in [3.05, 3.63) is 23.2 Å². The van der Waals surface area contributed by atoms with Crippen molar-refractivity contribution in [3.63, 3.8) is 0 Å². The lowest BCUT2D eigenvalue weighted by atomic mass is 10.2. The van der Waals surface area contributed by atoms with E-state index in [9.17, 15) is 9.59 Å². The first-order valence-electron chi connectivity index (χ1n) is 9.41. The number of ether oxygens (including phenoxy) is 2. The molecule has 28 heavy (non-hydrogen) atoms. The van der Waals surface area contributed by atoms with Gasteiger partial charge in [0.1, 0.15) is 18.0 Å². The van der Waals surface area contributed by atoms with E-state index >= 15 is 0 Å². The molecule has 0 radical (unpaired) electrons. The van der Waals surface area contributed by atoms with Gasteiger partial charge in [-0.1, -0.05) is 0 Å². The van der Waals surface area contributed by atoms with E-state index in [4.69, 9.17) is 9.47 Å². The van der Waals surface area contributed by atoms with Gasteiger partial charge in [-0.05, 0) is 39.8 Å². The highest BCUT2D eigenvalue weighted by Crippen LogP contribution is 2.25. The van der Waals surface area contributed by atoms with E-state index in [1.54, 1.807) is 16.2 Å². The van der Waals surface area contributed by atoms with Gasteiger partial charge in [-0.15, -0.1) is 11.3 Å². The van der Waals surface area contributed by atoms with E-state index in [0.29, 0.717) is 38.5 Å². The van der Waals surface area contributed by atoms with Crippen LogP contribution in [0.25, 0.3) is 10.2 Å². The Hall–Kier alpha value is -2.19. The quantitative estimate of drug-likeness (QED) is 0.761. The fourth-order valence-electron chi connectivity index (χ4n) is 2.99. The van der Waals surface area contributed by atoms with E-state index in [2.05, 4.69) is 4.98 Å². The highest BCUT2D eigenvalue weighted by Gasteiger charge is 2.26. The maximum atomic E-state index is 12.3. The number of aromatic nitrogens is 1. The van der Waals surface area contributed by atoms with E-state index in [1.807, 2.05) is 50.8 Å². The lowest BCUT2D eigenvalue weighted by molar-refractivity contribution is -0.122. The average Bonchev–Trinajstić information content (AvgIpc) is 2.98. The maximum Gasteiger partial charge on any atom is 0.410 e. The minimum absolute atomic E-state index is 0.0141. The van der Waals surface area contributed by atoms with Crippen molar-refractivity contribution in [2.75, 3.05) is 39.3 Å². The summed E-state index contributed by atoms with van der Waals surface area (Å²) >= 11 is 1.64. The van der Waals surface area contributed by atoms with Gasteiger partial charge >= 0.3 is 6.09 Å². The third-order valence-corrected chi connectivity index (χ3v) is 5.24. The Morgan fingerprint density at radius 3 is 2.57 bits per heavy atom. The standard InChI is InChI=1S/C20H27N3O4S/c1-14-21-17-11-16(5-6-18(17)28-14)26-13-15(24)12-22-7-9-23(10-8-22)19(25)27-20(2,3)4/h5-6,11H,7-10,12-13H2,1-4H3. The summed E-state index contributed by atoms with van der Waals surface area (Å²) < 4.78 is 12.1. The van der Waals surface area contributed by atoms with Gasteiger partial charge in [0.05, 0.1) is 21.8 Å². The van der Waals surface area contributed by atoms with Crippen LogP contribution in [0.5, 0.6) is 5.75 Å². The van der Waals surface area contributed by atoms with Crippen LogP contribution in [-0.2, 0) is 9.53 Å². The third-order valence-electron chi connectivity index (χ3n) is 4.29. The van der Waals surface area contributed by atoms with Gasteiger partial charge in [-0.3, -0.25) is 9.69 Å². The van der Waals surface area contributed by atoms with Crippen molar-refractivity contribution in [2.24, 2.45) is 0 Å². The number of carbonyl (C=O) groups excluding carboxylic acids is 2. The maximum absolute atomic E-state index is 12.3. The Morgan fingerprint density at radius 1 is 1.18 bits per heavy atom. The summed E-state index contributed by atoms with van der Waals surface area (Å²) in [5, 5.41) is 1.01. The van der Waals surface area contributed by atoms with Crippen molar-refractivity contribution in [2.45, 2.75) is 33.3 Å². The smallest absolute Gasteiger partial charge is 0.410 e. The first-order valence-corrected chi connectivity index (χ1v) is 10.2. The number of aryl methyl sites for hydroxylation is 1. The SMILES string of the molecule is Cc1nc2cc(OCC(=O)CN3CCN(C(=O)OC(C)(C)C)CC3)ccc2s1. The van der Waals surface area contributed by atoms with E-state index in [0.717, 1.165) is 15.2 Å². The number of nitrogens with zero attached hydrogens (tertiary/aromatic N) is 3. The Labute approximate surface area is 169 Å². The number of amides is 1. The number of thiazole rings is 1. The Bertz CT molecular complexity index is 851. The summed E-state index contributed by atoms with van der Waals surface area (Å²) in [6, 6.07) is 5.70. The molecule has 0 spiro atoms. The van der Waals surface area contributed by atoms with E-state index < -0.39 is 5.60 Å². The molecular formula is C20H27N3O4S.